The monoisotopic (exact) mass is 279 g/mol. The molecule has 0 saturated heterocycles. The quantitative estimate of drug-likeness (QED) is 0.809. The molecule has 0 aliphatic rings. The number of benzene rings is 1. The zero-order valence-electron chi connectivity index (χ0n) is 10.5. The van der Waals surface area contributed by atoms with Gasteiger partial charge >= 0.3 is 0 Å². The number of hydrogen-bond donors (Lipinski definition) is 1. The first kappa shape index (κ1) is 13.6. The molecule has 1 N–H and O–H groups in total. The lowest BCUT2D eigenvalue weighted by atomic mass is 10.0. The van der Waals surface area contributed by atoms with Gasteiger partial charge in [-0.1, -0.05) is 30.7 Å². The molecule has 1 aromatic carbocycles. The Morgan fingerprint density at radius 1 is 1.22 bits per heavy atom. The molecule has 0 fully saturated rings. The predicted octanol–water partition coefficient (Wildman–Crippen LogP) is 4.68. The fourth-order valence-electron chi connectivity index (χ4n) is 1.97. The van der Waals surface area contributed by atoms with Crippen molar-refractivity contribution in [3.8, 4) is 0 Å². The van der Waals surface area contributed by atoms with Crippen molar-refractivity contribution < 1.29 is 0 Å². The fraction of sp³-hybridized carbons (Fsp3) is 0.333. The second-order valence-electron chi connectivity index (χ2n) is 4.39. The lowest BCUT2D eigenvalue weighted by Crippen LogP contribution is -2.23. The topological polar surface area (TPSA) is 12.0 Å². The van der Waals surface area contributed by atoms with Gasteiger partial charge in [-0.2, -0.15) is 11.3 Å². The molecule has 0 radical (unpaired) electrons. The van der Waals surface area contributed by atoms with Crippen LogP contribution in [0.1, 0.15) is 30.5 Å². The van der Waals surface area contributed by atoms with Crippen LogP contribution in [-0.4, -0.2) is 6.54 Å². The van der Waals surface area contributed by atoms with Gasteiger partial charge in [0.25, 0.3) is 0 Å². The molecule has 0 amide bonds. The highest BCUT2D eigenvalue weighted by Gasteiger charge is 2.11. The standard InChI is InChI=1S/C15H18ClNS/c1-2-8-17-15(10-12-7-9-18-11-12)13-3-5-14(16)6-4-13/h3-7,9,11,15,17H,2,8,10H2,1H3. The third kappa shape index (κ3) is 3.84. The van der Waals surface area contributed by atoms with Gasteiger partial charge in [-0.25, -0.2) is 0 Å². The van der Waals surface area contributed by atoms with Crippen molar-refractivity contribution in [1.29, 1.82) is 0 Å². The van der Waals surface area contributed by atoms with E-state index in [9.17, 15) is 0 Å². The molecule has 0 spiro atoms. The van der Waals surface area contributed by atoms with Crippen LogP contribution in [0.25, 0.3) is 0 Å². The van der Waals surface area contributed by atoms with Crippen molar-refractivity contribution in [1.82, 2.24) is 5.32 Å². The van der Waals surface area contributed by atoms with Crippen molar-refractivity contribution in [3.63, 3.8) is 0 Å². The fourth-order valence-corrected chi connectivity index (χ4v) is 2.77. The van der Waals surface area contributed by atoms with Crippen molar-refractivity contribution in [2.75, 3.05) is 6.54 Å². The van der Waals surface area contributed by atoms with E-state index in [-0.39, 0.29) is 0 Å². The number of hydrogen-bond acceptors (Lipinski definition) is 2. The molecule has 1 heterocycles. The zero-order chi connectivity index (χ0) is 12.8. The van der Waals surface area contributed by atoms with Crippen LogP contribution in [0.5, 0.6) is 0 Å². The first-order valence-electron chi connectivity index (χ1n) is 6.29. The van der Waals surface area contributed by atoms with Gasteiger partial charge < -0.3 is 5.32 Å². The van der Waals surface area contributed by atoms with Crippen LogP contribution < -0.4 is 5.32 Å². The maximum absolute atomic E-state index is 5.94. The van der Waals surface area contributed by atoms with E-state index in [4.69, 9.17) is 11.6 Å². The molecule has 0 saturated carbocycles. The lowest BCUT2D eigenvalue weighted by Gasteiger charge is -2.18. The highest BCUT2D eigenvalue weighted by molar-refractivity contribution is 7.07. The van der Waals surface area contributed by atoms with Gasteiger partial charge in [0, 0.05) is 11.1 Å². The third-order valence-electron chi connectivity index (χ3n) is 2.93. The third-order valence-corrected chi connectivity index (χ3v) is 3.92. The molecule has 1 aromatic heterocycles. The predicted molar refractivity (Wildman–Crippen MR) is 80.5 cm³/mol. The van der Waals surface area contributed by atoms with E-state index in [0.717, 1.165) is 24.4 Å². The highest BCUT2D eigenvalue weighted by Crippen LogP contribution is 2.21. The molecule has 0 aliphatic heterocycles. The maximum Gasteiger partial charge on any atom is 0.0406 e. The van der Waals surface area contributed by atoms with E-state index < -0.39 is 0 Å². The van der Waals surface area contributed by atoms with E-state index in [1.165, 1.54) is 11.1 Å². The van der Waals surface area contributed by atoms with Crippen LogP contribution in [0.15, 0.2) is 41.1 Å². The van der Waals surface area contributed by atoms with Crippen LogP contribution in [0.3, 0.4) is 0 Å². The zero-order valence-corrected chi connectivity index (χ0v) is 12.1. The summed E-state index contributed by atoms with van der Waals surface area (Å²) in [4.78, 5) is 0. The Morgan fingerprint density at radius 2 is 2.00 bits per heavy atom. The number of nitrogens with one attached hydrogen (secondary N) is 1. The van der Waals surface area contributed by atoms with Crippen LogP contribution in [0, 0.1) is 0 Å². The average Bonchev–Trinajstić information content (AvgIpc) is 2.88. The minimum atomic E-state index is 0.372. The summed E-state index contributed by atoms with van der Waals surface area (Å²) in [5.41, 5.74) is 2.70. The van der Waals surface area contributed by atoms with Crippen molar-refractivity contribution in [2.24, 2.45) is 0 Å². The summed E-state index contributed by atoms with van der Waals surface area (Å²) in [6.07, 6.45) is 2.18. The Morgan fingerprint density at radius 3 is 2.61 bits per heavy atom. The molecule has 3 heteroatoms. The maximum atomic E-state index is 5.94. The first-order chi connectivity index (χ1) is 8.79. The normalized spacial score (nSPS) is 12.6. The lowest BCUT2D eigenvalue weighted by molar-refractivity contribution is 0.530. The molecular formula is C15H18ClNS. The van der Waals surface area contributed by atoms with Crippen LogP contribution in [-0.2, 0) is 6.42 Å². The molecule has 18 heavy (non-hydrogen) atoms. The summed E-state index contributed by atoms with van der Waals surface area (Å²) in [7, 11) is 0. The van der Waals surface area contributed by atoms with E-state index in [1.54, 1.807) is 11.3 Å². The number of thiophene rings is 1. The van der Waals surface area contributed by atoms with Crippen LogP contribution in [0.4, 0.5) is 0 Å². The summed E-state index contributed by atoms with van der Waals surface area (Å²) >= 11 is 7.70. The van der Waals surface area contributed by atoms with E-state index in [2.05, 4.69) is 41.2 Å². The molecule has 1 unspecified atom stereocenters. The van der Waals surface area contributed by atoms with Gasteiger partial charge in [0.2, 0.25) is 0 Å². The average molecular weight is 280 g/mol. The summed E-state index contributed by atoms with van der Waals surface area (Å²) in [6, 6.07) is 10.7. The Balaban J connectivity index is 2.11. The molecule has 2 rings (SSSR count). The van der Waals surface area contributed by atoms with Gasteiger partial charge in [0.15, 0.2) is 0 Å². The largest absolute Gasteiger partial charge is 0.310 e. The summed E-state index contributed by atoms with van der Waals surface area (Å²) in [5, 5.41) is 8.75. The van der Waals surface area contributed by atoms with Crippen molar-refractivity contribution >= 4 is 22.9 Å². The Hall–Kier alpha value is -0.830. The van der Waals surface area contributed by atoms with Crippen molar-refractivity contribution in [2.45, 2.75) is 25.8 Å². The van der Waals surface area contributed by atoms with E-state index in [0.29, 0.717) is 6.04 Å². The Bertz CT molecular complexity index is 450. The SMILES string of the molecule is CCCNC(Cc1ccsc1)c1ccc(Cl)cc1. The molecule has 1 atom stereocenters. The second-order valence-corrected chi connectivity index (χ2v) is 5.61. The Kier molecular flexibility index (Phi) is 5.24. The summed E-state index contributed by atoms with van der Waals surface area (Å²) in [5.74, 6) is 0. The minimum Gasteiger partial charge on any atom is -0.310 e. The highest BCUT2D eigenvalue weighted by atomic mass is 35.5. The van der Waals surface area contributed by atoms with Gasteiger partial charge in [0.05, 0.1) is 0 Å². The summed E-state index contributed by atoms with van der Waals surface area (Å²) < 4.78 is 0. The van der Waals surface area contributed by atoms with E-state index >= 15 is 0 Å². The van der Waals surface area contributed by atoms with Gasteiger partial charge in [-0.15, -0.1) is 0 Å². The summed E-state index contributed by atoms with van der Waals surface area (Å²) in [6.45, 7) is 3.23. The molecule has 2 aromatic rings. The first-order valence-corrected chi connectivity index (χ1v) is 7.61. The van der Waals surface area contributed by atoms with Gasteiger partial charge in [-0.3, -0.25) is 0 Å². The second kappa shape index (κ2) is 6.93. The number of rotatable bonds is 6. The van der Waals surface area contributed by atoms with Gasteiger partial charge in [-0.05, 0) is 59.5 Å². The Labute approximate surface area is 118 Å². The number of halogens is 1. The van der Waals surface area contributed by atoms with Crippen molar-refractivity contribution in [3.05, 3.63) is 57.2 Å². The van der Waals surface area contributed by atoms with E-state index in [1.807, 2.05) is 12.1 Å². The molecule has 1 nitrogen and oxygen atoms in total. The molecule has 0 aliphatic carbocycles. The van der Waals surface area contributed by atoms with Gasteiger partial charge in [0.1, 0.15) is 0 Å². The van der Waals surface area contributed by atoms with Crippen LogP contribution >= 0.6 is 22.9 Å². The molecule has 96 valence electrons. The smallest absolute Gasteiger partial charge is 0.0406 e. The molecular weight excluding hydrogens is 262 g/mol. The van der Waals surface area contributed by atoms with Crippen LogP contribution in [0.2, 0.25) is 5.02 Å². The minimum absolute atomic E-state index is 0.372. The molecule has 0 bridgehead atoms.